The smallest absolute Gasteiger partial charge is 0.376 e. The zero-order valence-electron chi connectivity index (χ0n) is 19.7. The predicted molar refractivity (Wildman–Crippen MR) is 131 cm³/mol. The molecule has 0 saturated carbocycles. The number of nitrogens with one attached hydrogen (secondary N) is 1. The molecule has 0 saturated heterocycles. The third-order valence-electron chi connectivity index (χ3n) is 6.30. The molecule has 0 fully saturated rings. The zero-order chi connectivity index (χ0) is 25.3. The van der Waals surface area contributed by atoms with E-state index in [-0.39, 0.29) is 40.7 Å². The van der Waals surface area contributed by atoms with E-state index < -0.39 is 11.7 Å². The van der Waals surface area contributed by atoms with Crippen molar-refractivity contribution in [3.8, 4) is 11.4 Å². The number of halogens is 4. The van der Waals surface area contributed by atoms with Crippen LogP contribution in [0.15, 0.2) is 47.3 Å². The number of alkyl halides is 3. The number of rotatable bonds is 7. The summed E-state index contributed by atoms with van der Waals surface area (Å²) in [5.41, 5.74) is 2.25. The second-order valence-corrected chi connectivity index (χ2v) is 8.78. The first-order valence-electron chi connectivity index (χ1n) is 11.7. The second-order valence-electron chi connectivity index (χ2n) is 8.37. The number of benzene rings is 2. The molecular weight excluding hydrogens is 479 g/mol. The summed E-state index contributed by atoms with van der Waals surface area (Å²) >= 11 is 6.25. The van der Waals surface area contributed by atoms with E-state index in [9.17, 15) is 18.0 Å². The van der Waals surface area contributed by atoms with Crippen molar-refractivity contribution in [1.82, 2.24) is 9.55 Å². The summed E-state index contributed by atoms with van der Waals surface area (Å²) in [4.78, 5) is 18.4. The highest BCUT2D eigenvalue weighted by molar-refractivity contribution is 6.33. The van der Waals surface area contributed by atoms with Gasteiger partial charge in [0.1, 0.15) is 11.5 Å². The molecule has 0 aliphatic heterocycles. The van der Waals surface area contributed by atoms with Gasteiger partial charge >= 0.3 is 6.18 Å². The third-order valence-corrected chi connectivity index (χ3v) is 6.61. The van der Waals surface area contributed by atoms with Gasteiger partial charge in [0, 0.05) is 25.1 Å². The molecule has 0 amide bonds. The van der Waals surface area contributed by atoms with Gasteiger partial charge in [0.25, 0.3) is 5.56 Å². The minimum Gasteiger partial charge on any atom is -0.376 e. The molecule has 1 aromatic heterocycles. The second kappa shape index (κ2) is 10.0. The average molecular weight is 506 g/mol. The van der Waals surface area contributed by atoms with Crippen molar-refractivity contribution in [1.29, 1.82) is 0 Å². The van der Waals surface area contributed by atoms with Crippen LogP contribution >= 0.6 is 11.6 Å². The Kier molecular flexibility index (Phi) is 7.24. The molecule has 2 atom stereocenters. The standard InChI is InChI=1S/C26H27ClF3N3O2/c1-4-20-23(32-22-17-10-8-7-9-15(17)13-21(22)35-6-3)25(34)33(5-2)24(31-20)18-12-11-16(14-19(18)27)26(28,29)30/h7-12,14,21-22,32H,4-6,13H2,1-3H3. The van der Waals surface area contributed by atoms with Gasteiger partial charge in [0.05, 0.1) is 28.4 Å². The Balaban J connectivity index is 1.81. The number of anilines is 1. The molecule has 2 aromatic carbocycles. The highest BCUT2D eigenvalue weighted by Gasteiger charge is 2.35. The van der Waals surface area contributed by atoms with Gasteiger partial charge in [0.15, 0.2) is 0 Å². The molecule has 2 unspecified atom stereocenters. The molecule has 9 heteroatoms. The predicted octanol–water partition coefficient (Wildman–Crippen LogP) is 6.28. The molecule has 0 bridgehead atoms. The SMILES string of the molecule is CCOC1Cc2ccccc2C1Nc1c(CC)nc(-c2ccc(C(F)(F)F)cc2Cl)n(CC)c1=O. The molecule has 0 radical (unpaired) electrons. The molecular formula is C26H27ClF3N3O2. The number of aromatic nitrogens is 2. The lowest BCUT2D eigenvalue weighted by Crippen LogP contribution is -2.32. The van der Waals surface area contributed by atoms with E-state index in [0.29, 0.717) is 24.4 Å². The zero-order valence-corrected chi connectivity index (χ0v) is 20.5. The molecule has 0 spiro atoms. The number of fused-ring (bicyclic) bond motifs is 1. The molecule has 1 N–H and O–H groups in total. The average Bonchev–Trinajstić information content (AvgIpc) is 3.16. The first-order chi connectivity index (χ1) is 16.7. The Morgan fingerprint density at radius 2 is 1.91 bits per heavy atom. The number of nitrogens with zero attached hydrogens (tertiary/aromatic N) is 2. The Morgan fingerprint density at radius 1 is 1.17 bits per heavy atom. The number of hydrogen-bond acceptors (Lipinski definition) is 4. The van der Waals surface area contributed by atoms with Gasteiger partial charge in [0.2, 0.25) is 0 Å². The molecule has 1 aliphatic carbocycles. The van der Waals surface area contributed by atoms with Crippen LogP contribution < -0.4 is 10.9 Å². The highest BCUT2D eigenvalue weighted by Crippen LogP contribution is 2.37. The molecule has 35 heavy (non-hydrogen) atoms. The van der Waals surface area contributed by atoms with Gasteiger partial charge in [-0.15, -0.1) is 0 Å². The van der Waals surface area contributed by atoms with Crippen LogP contribution in [-0.2, 0) is 30.3 Å². The Hall–Kier alpha value is -2.84. The van der Waals surface area contributed by atoms with Crippen molar-refractivity contribution < 1.29 is 17.9 Å². The summed E-state index contributed by atoms with van der Waals surface area (Å²) in [6, 6.07) is 10.9. The van der Waals surface area contributed by atoms with Crippen LogP contribution in [0.5, 0.6) is 0 Å². The van der Waals surface area contributed by atoms with Crippen LogP contribution in [0.25, 0.3) is 11.4 Å². The first kappa shape index (κ1) is 25.3. The van der Waals surface area contributed by atoms with Gasteiger partial charge in [-0.25, -0.2) is 4.98 Å². The molecule has 1 heterocycles. The Morgan fingerprint density at radius 3 is 2.54 bits per heavy atom. The fourth-order valence-corrected chi connectivity index (χ4v) is 4.89. The Labute approximate surface area is 206 Å². The van der Waals surface area contributed by atoms with Crippen LogP contribution in [0.2, 0.25) is 5.02 Å². The maximum absolute atomic E-state index is 13.7. The summed E-state index contributed by atoms with van der Waals surface area (Å²) in [6.07, 6.45) is -3.48. The van der Waals surface area contributed by atoms with Crippen molar-refractivity contribution in [2.24, 2.45) is 0 Å². The van der Waals surface area contributed by atoms with Gasteiger partial charge in [-0.1, -0.05) is 42.8 Å². The molecule has 3 aromatic rings. The van der Waals surface area contributed by atoms with Gasteiger partial charge in [-0.05, 0) is 49.6 Å². The quantitative estimate of drug-likeness (QED) is 0.410. The van der Waals surface area contributed by atoms with E-state index in [4.69, 9.17) is 21.3 Å². The minimum absolute atomic E-state index is 0.113. The molecule has 1 aliphatic rings. The number of ether oxygens (including phenoxy) is 1. The van der Waals surface area contributed by atoms with Crippen molar-refractivity contribution >= 4 is 17.3 Å². The normalized spacial score (nSPS) is 17.5. The number of aryl methyl sites for hydroxylation is 1. The summed E-state index contributed by atoms with van der Waals surface area (Å²) in [6.45, 7) is 6.41. The van der Waals surface area contributed by atoms with Crippen LogP contribution in [0.1, 0.15) is 49.2 Å². The van der Waals surface area contributed by atoms with E-state index in [1.165, 1.54) is 16.2 Å². The maximum Gasteiger partial charge on any atom is 0.416 e. The minimum atomic E-state index is -4.52. The van der Waals surface area contributed by atoms with Gasteiger partial charge in [-0.3, -0.25) is 9.36 Å². The summed E-state index contributed by atoms with van der Waals surface area (Å²) in [5, 5.41) is 3.30. The van der Waals surface area contributed by atoms with Crippen LogP contribution in [-0.4, -0.2) is 22.3 Å². The third kappa shape index (κ3) is 4.82. The van der Waals surface area contributed by atoms with Gasteiger partial charge in [-0.2, -0.15) is 13.2 Å². The lowest BCUT2D eigenvalue weighted by molar-refractivity contribution is -0.137. The molecule has 4 rings (SSSR count). The molecule has 186 valence electrons. The van der Waals surface area contributed by atoms with E-state index >= 15 is 0 Å². The topological polar surface area (TPSA) is 56.1 Å². The Bertz CT molecular complexity index is 1290. The van der Waals surface area contributed by atoms with Crippen LogP contribution in [0, 0.1) is 0 Å². The van der Waals surface area contributed by atoms with E-state index in [0.717, 1.165) is 24.1 Å². The van der Waals surface area contributed by atoms with Crippen LogP contribution in [0.4, 0.5) is 18.9 Å². The maximum atomic E-state index is 13.7. The lowest BCUT2D eigenvalue weighted by Gasteiger charge is -2.25. The van der Waals surface area contributed by atoms with E-state index in [1.54, 1.807) is 6.92 Å². The lowest BCUT2D eigenvalue weighted by atomic mass is 10.1. The van der Waals surface area contributed by atoms with Crippen molar-refractivity contribution in [2.45, 2.75) is 58.5 Å². The highest BCUT2D eigenvalue weighted by atomic mass is 35.5. The van der Waals surface area contributed by atoms with Crippen molar-refractivity contribution in [3.63, 3.8) is 0 Å². The largest absolute Gasteiger partial charge is 0.416 e. The summed E-state index contributed by atoms with van der Waals surface area (Å²) in [5.74, 6) is 0.242. The fourth-order valence-electron chi connectivity index (χ4n) is 4.63. The molecule has 5 nitrogen and oxygen atoms in total. The number of hydrogen-bond donors (Lipinski definition) is 1. The van der Waals surface area contributed by atoms with Crippen molar-refractivity contribution in [3.05, 3.63) is 80.2 Å². The van der Waals surface area contributed by atoms with Gasteiger partial charge < -0.3 is 10.1 Å². The first-order valence-corrected chi connectivity index (χ1v) is 12.0. The van der Waals surface area contributed by atoms with E-state index in [2.05, 4.69) is 11.4 Å². The fraction of sp³-hybridized carbons (Fsp3) is 0.385. The summed E-state index contributed by atoms with van der Waals surface area (Å²) in [7, 11) is 0. The monoisotopic (exact) mass is 505 g/mol. The van der Waals surface area contributed by atoms with Crippen LogP contribution in [0.3, 0.4) is 0 Å². The van der Waals surface area contributed by atoms with E-state index in [1.807, 2.05) is 32.0 Å². The van der Waals surface area contributed by atoms with Crippen molar-refractivity contribution in [2.75, 3.05) is 11.9 Å². The summed E-state index contributed by atoms with van der Waals surface area (Å²) < 4.78 is 46.8.